The first-order valence-electron chi connectivity index (χ1n) is 6.00. The molecule has 0 heterocycles. The molecule has 5 heteroatoms. The summed E-state index contributed by atoms with van der Waals surface area (Å²) < 4.78 is 0. The quantitative estimate of drug-likeness (QED) is 0.714. The maximum atomic E-state index is 11.6. The summed E-state index contributed by atoms with van der Waals surface area (Å²) >= 11 is 0. The number of hydrogen-bond acceptors (Lipinski definition) is 2. The lowest BCUT2D eigenvalue weighted by atomic mass is 9.84. The van der Waals surface area contributed by atoms with Crippen molar-refractivity contribution in [1.29, 1.82) is 0 Å². The first-order valence-corrected chi connectivity index (χ1v) is 6.00. The van der Waals surface area contributed by atoms with Crippen molar-refractivity contribution in [3.05, 3.63) is 12.7 Å². The van der Waals surface area contributed by atoms with Crippen LogP contribution >= 0.6 is 0 Å². The third-order valence-corrected chi connectivity index (χ3v) is 2.46. The molecule has 0 spiro atoms. The van der Waals surface area contributed by atoms with Gasteiger partial charge in [0, 0.05) is 20.1 Å². The van der Waals surface area contributed by atoms with Crippen LogP contribution in [0.1, 0.15) is 27.2 Å². The predicted molar refractivity (Wildman–Crippen MR) is 71.4 cm³/mol. The third kappa shape index (κ3) is 6.93. The molecule has 5 nitrogen and oxygen atoms in total. The Morgan fingerprint density at radius 2 is 2.00 bits per heavy atom. The Morgan fingerprint density at radius 1 is 1.44 bits per heavy atom. The lowest BCUT2D eigenvalue weighted by molar-refractivity contribution is -0.142. The standard InChI is InChI=1S/C13H24N2O3/c1-6-7-15(5)12(18)14-9-10(11(16)17)8-13(2,3)4/h6,10H,1,7-9H2,2-5H3,(H,14,18)(H,16,17). The smallest absolute Gasteiger partial charge is 0.317 e. The van der Waals surface area contributed by atoms with E-state index in [1.807, 2.05) is 20.8 Å². The Labute approximate surface area is 109 Å². The Hall–Kier alpha value is -1.52. The Kier molecular flexibility index (Phi) is 6.44. The fourth-order valence-electron chi connectivity index (χ4n) is 1.61. The molecule has 0 aliphatic rings. The molecule has 0 aromatic heterocycles. The maximum absolute atomic E-state index is 11.6. The number of nitrogens with one attached hydrogen (secondary N) is 1. The van der Waals surface area contributed by atoms with Gasteiger partial charge in [-0.1, -0.05) is 26.8 Å². The topological polar surface area (TPSA) is 69.6 Å². The second kappa shape index (κ2) is 7.03. The minimum atomic E-state index is -0.878. The fourth-order valence-corrected chi connectivity index (χ4v) is 1.61. The van der Waals surface area contributed by atoms with Crippen LogP contribution in [0.3, 0.4) is 0 Å². The average molecular weight is 256 g/mol. The predicted octanol–water partition coefficient (Wildman–Crippen LogP) is 1.95. The van der Waals surface area contributed by atoms with Gasteiger partial charge >= 0.3 is 12.0 Å². The summed E-state index contributed by atoms with van der Waals surface area (Å²) in [6.45, 7) is 10.1. The zero-order chi connectivity index (χ0) is 14.3. The van der Waals surface area contributed by atoms with E-state index in [9.17, 15) is 9.59 Å². The molecule has 0 aliphatic heterocycles. The van der Waals surface area contributed by atoms with E-state index in [2.05, 4.69) is 11.9 Å². The molecule has 0 radical (unpaired) electrons. The van der Waals surface area contributed by atoms with Crippen LogP contribution in [0.15, 0.2) is 12.7 Å². The number of amides is 2. The minimum absolute atomic E-state index is 0.0825. The van der Waals surface area contributed by atoms with Gasteiger partial charge in [-0.25, -0.2) is 4.79 Å². The van der Waals surface area contributed by atoms with Gasteiger partial charge in [0.1, 0.15) is 0 Å². The summed E-state index contributed by atoms with van der Waals surface area (Å²) in [4.78, 5) is 24.2. The molecular weight excluding hydrogens is 232 g/mol. The van der Waals surface area contributed by atoms with E-state index >= 15 is 0 Å². The van der Waals surface area contributed by atoms with Crippen LogP contribution in [0, 0.1) is 11.3 Å². The van der Waals surface area contributed by atoms with Crippen molar-refractivity contribution in [3.63, 3.8) is 0 Å². The number of carbonyl (C=O) groups is 2. The van der Waals surface area contributed by atoms with Gasteiger partial charge in [0.2, 0.25) is 0 Å². The van der Waals surface area contributed by atoms with E-state index in [0.29, 0.717) is 13.0 Å². The van der Waals surface area contributed by atoms with Crippen molar-refractivity contribution < 1.29 is 14.7 Å². The molecule has 18 heavy (non-hydrogen) atoms. The minimum Gasteiger partial charge on any atom is -0.481 e. The van der Waals surface area contributed by atoms with Gasteiger partial charge in [0.25, 0.3) is 0 Å². The van der Waals surface area contributed by atoms with Crippen molar-refractivity contribution in [2.75, 3.05) is 20.1 Å². The molecule has 0 aliphatic carbocycles. The number of urea groups is 1. The summed E-state index contributed by atoms with van der Waals surface area (Å²) in [6, 6.07) is -0.282. The second-order valence-electron chi connectivity index (χ2n) is 5.66. The Balaban J connectivity index is 4.32. The number of carboxylic acids is 1. The molecule has 0 rings (SSSR count). The summed E-state index contributed by atoms with van der Waals surface area (Å²) in [5.74, 6) is -1.44. The molecule has 0 bridgehead atoms. The summed E-state index contributed by atoms with van der Waals surface area (Å²) in [5, 5.41) is 11.7. The highest BCUT2D eigenvalue weighted by molar-refractivity contribution is 5.75. The highest BCUT2D eigenvalue weighted by Crippen LogP contribution is 2.24. The van der Waals surface area contributed by atoms with Crippen LogP contribution in [-0.4, -0.2) is 42.1 Å². The number of likely N-dealkylation sites (N-methyl/N-ethyl adjacent to an activating group) is 1. The lowest BCUT2D eigenvalue weighted by Gasteiger charge is -2.24. The molecular formula is C13H24N2O3. The summed E-state index contributed by atoms with van der Waals surface area (Å²) in [6.07, 6.45) is 2.14. The number of hydrogen-bond donors (Lipinski definition) is 2. The van der Waals surface area contributed by atoms with Crippen LogP contribution in [0.5, 0.6) is 0 Å². The Bertz CT molecular complexity index is 308. The van der Waals surface area contributed by atoms with Gasteiger partial charge in [-0.2, -0.15) is 0 Å². The zero-order valence-electron chi connectivity index (χ0n) is 11.7. The van der Waals surface area contributed by atoms with Gasteiger partial charge in [-0.15, -0.1) is 6.58 Å². The van der Waals surface area contributed by atoms with Crippen molar-refractivity contribution >= 4 is 12.0 Å². The molecule has 0 aromatic rings. The maximum Gasteiger partial charge on any atom is 0.317 e. The third-order valence-electron chi connectivity index (χ3n) is 2.46. The van der Waals surface area contributed by atoms with Crippen LogP contribution in [-0.2, 0) is 4.79 Å². The molecule has 1 atom stereocenters. The van der Waals surface area contributed by atoms with Crippen molar-refractivity contribution in [3.8, 4) is 0 Å². The first-order chi connectivity index (χ1) is 8.17. The highest BCUT2D eigenvalue weighted by atomic mass is 16.4. The van der Waals surface area contributed by atoms with Gasteiger partial charge in [-0.3, -0.25) is 4.79 Å². The molecule has 2 amide bonds. The van der Waals surface area contributed by atoms with Crippen molar-refractivity contribution in [1.82, 2.24) is 10.2 Å². The number of rotatable bonds is 6. The molecule has 0 saturated heterocycles. The van der Waals surface area contributed by atoms with E-state index < -0.39 is 11.9 Å². The number of carbonyl (C=O) groups excluding carboxylic acids is 1. The molecule has 2 N–H and O–H groups in total. The monoisotopic (exact) mass is 256 g/mol. The van der Waals surface area contributed by atoms with Crippen LogP contribution < -0.4 is 5.32 Å². The summed E-state index contributed by atoms with van der Waals surface area (Å²) in [7, 11) is 1.64. The van der Waals surface area contributed by atoms with Crippen LogP contribution in [0.2, 0.25) is 0 Å². The van der Waals surface area contributed by atoms with Gasteiger partial charge < -0.3 is 15.3 Å². The number of aliphatic carboxylic acids is 1. The van der Waals surface area contributed by atoms with Gasteiger partial charge in [0.15, 0.2) is 0 Å². The second-order valence-corrected chi connectivity index (χ2v) is 5.66. The molecule has 0 fully saturated rings. The van der Waals surface area contributed by atoms with Gasteiger partial charge in [-0.05, 0) is 11.8 Å². The van der Waals surface area contributed by atoms with Crippen LogP contribution in [0.4, 0.5) is 4.79 Å². The Morgan fingerprint density at radius 3 is 2.39 bits per heavy atom. The highest BCUT2D eigenvalue weighted by Gasteiger charge is 2.25. The molecule has 0 aromatic carbocycles. The normalized spacial score (nSPS) is 12.7. The van der Waals surface area contributed by atoms with E-state index in [1.54, 1.807) is 13.1 Å². The van der Waals surface area contributed by atoms with Crippen LogP contribution in [0.25, 0.3) is 0 Å². The molecule has 1 unspecified atom stereocenters. The summed E-state index contributed by atoms with van der Waals surface area (Å²) in [5.41, 5.74) is -0.0825. The fraction of sp³-hybridized carbons (Fsp3) is 0.692. The molecule has 0 saturated carbocycles. The zero-order valence-corrected chi connectivity index (χ0v) is 11.7. The van der Waals surface area contributed by atoms with E-state index in [4.69, 9.17) is 5.11 Å². The van der Waals surface area contributed by atoms with E-state index in [0.717, 1.165) is 0 Å². The van der Waals surface area contributed by atoms with Crippen molar-refractivity contribution in [2.45, 2.75) is 27.2 Å². The van der Waals surface area contributed by atoms with Crippen molar-refractivity contribution in [2.24, 2.45) is 11.3 Å². The number of nitrogens with zero attached hydrogens (tertiary/aromatic N) is 1. The largest absolute Gasteiger partial charge is 0.481 e. The SMILES string of the molecule is C=CCN(C)C(=O)NCC(CC(C)(C)C)C(=O)O. The van der Waals surface area contributed by atoms with Gasteiger partial charge in [0.05, 0.1) is 5.92 Å². The number of carboxylic acid groups (broad SMARTS) is 1. The average Bonchev–Trinajstić information content (AvgIpc) is 2.22. The molecule has 104 valence electrons. The lowest BCUT2D eigenvalue weighted by Crippen LogP contribution is -2.41. The van der Waals surface area contributed by atoms with E-state index in [1.165, 1.54) is 4.90 Å². The van der Waals surface area contributed by atoms with E-state index in [-0.39, 0.29) is 18.0 Å². The first kappa shape index (κ1) is 16.5.